The Labute approximate surface area is 174 Å². The van der Waals surface area contributed by atoms with Gasteiger partial charge in [0.2, 0.25) is 0 Å². The van der Waals surface area contributed by atoms with Gasteiger partial charge in [0.25, 0.3) is 15.9 Å². The number of nitrogens with one attached hydrogen (secondary N) is 2. The van der Waals surface area contributed by atoms with Gasteiger partial charge in [-0.25, -0.2) is 13.4 Å². The molecule has 29 heavy (non-hydrogen) atoms. The quantitative estimate of drug-likeness (QED) is 0.533. The first-order valence-electron chi connectivity index (χ1n) is 8.84. The van der Waals surface area contributed by atoms with E-state index in [4.69, 9.17) is 5.73 Å². The van der Waals surface area contributed by atoms with E-state index in [1.807, 2.05) is 38.1 Å². The van der Waals surface area contributed by atoms with E-state index >= 15 is 0 Å². The number of rotatable bonds is 7. The number of sulfonamides is 1. The molecule has 0 fully saturated rings. The number of benzene rings is 2. The molecule has 152 valence electrons. The Morgan fingerprint density at radius 3 is 2.31 bits per heavy atom. The largest absolute Gasteiger partial charge is 0.348 e. The smallest absolute Gasteiger partial charge is 0.263 e. The first-order chi connectivity index (χ1) is 13.6. The van der Waals surface area contributed by atoms with Crippen LogP contribution in [0.4, 0.5) is 5.13 Å². The summed E-state index contributed by atoms with van der Waals surface area (Å²) in [6, 6.07) is 13.5. The maximum atomic E-state index is 12.4. The molecule has 2 aromatic carbocycles. The molecule has 0 aliphatic carbocycles. The van der Waals surface area contributed by atoms with Crippen molar-refractivity contribution in [1.29, 1.82) is 0 Å². The zero-order valence-electron chi connectivity index (χ0n) is 16.0. The van der Waals surface area contributed by atoms with E-state index in [-0.39, 0.29) is 15.9 Å². The molecule has 1 amide bonds. The van der Waals surface area contributed by atoms with Crippen LogP contribution >= 0.6 is 11.3 Å². The third-order valence-corrected chi connectivity index (χ3v) is 6.40. The first kappa shape index (κ1) is 21.0. The average molecular weight is 431 g/mol. The summed E-state index contributed by atoms with van der Waals surface area (Å²) in [5.41, 5.74) is 7.97. The molecule has 0 bridgehead atoms. The molecule has 0 unspecified atom stereocenters. The predicted molar refractivity (Wildman–Crippen MR) is 114 cm³/mol. The molecule has 0 saturated heterocycles. The highest BCUT2D eigenvalue weighted by Gasteiger charge is 2.17. The maximum Gasteiger partial charge on any atom is 0.263 e. The van der Waals surface area contributed by atoms with E-state index < -0.39 is 15.6 Å². The van der Waals surface area contributed by atoms with E-state index in [9.17, 15) is 13.2 Å². The number of nitrogens with two attached hydrogens (primary N) is 1. The van der Waals surface area contributed by atoms with Crippen molar-refractivity contribution in [2.24, 2.45) is 5.73 Å². The molecule has 0 aliphatic heterocycles. The summed E-state index contributed by atoms with van der Waals surface area (Å²) in [4.78, 5) is 16.3. The van der Waals surface area contributed by atoms with Gasteiger partial charge in [0.15, 0.2) is 5.13 Å². The normalized spacial score (nSPS) is 11.8. The number of thiazole rings is 1. The molecule has 3 aromatic rings. The minimum atomic E-state index is -3.74. The minimum Gasteiger partial charge on any atom is -0.348 e. The van der Waals surface area contributed by atoms with Gasteiger partial charge in [-0.15, -0.1) is 11.3 Å². The van der Waals surface area contributed by atoms with Gasteiger partial charge in [-0.1, -0.05) is 24.3 Å². The zero-order chi connectivity index (χ0) is 21.1. The minimum absolute atomic E-state index is 0.0595. The Morgan fingerprint density at radius 1 is 1.10 bits per heavy atom. The van der Waals surface area contributed by atoms with Crippen molar-refractivity contribution < 1.29 is 13.2 Å². The highest BCUT2D eigenvalue weighted by Crippen LogP contribution is 2.19. The summed E-state index contributed by atoms with van der Waals surface area (Å²) in [7, 11) is -3.74. The second-order valence-electron chi connectivity index (χ2n) is 7.07. The van der Waals surface area contributed by atoms with Crippen molar-refractivity contribution in [3.63, 3.8) is 0 Å². The van der Waals surface area contributed by atoms with Gasteiger partial charge in [-0.3, -0.25) is 9.52 Å². The molecule has 0 aliphatic rings. The monoisotopic (exact) mass is 430 g/mol. The number of anilines is 1. The molecule has 1 aromatic heterocycles. The second kappa shape index (κ2) is 8.32. The van der Waals surface area contributed by atoms with Gasteiger partial charge in [0.1, 0.15) is 0 Å². The number of hydrogen-bond donors (Lipinski definition) is 3. The number of carbonyl (C=O) groups is 1. The van der Waals surface area contributed by atoms with E-state index in [2.05, 4.69) is 15.0 Å². The van der Waals surface area contributed by atoms with Crippen LogP contribution in [0.2, 0.25) is 0 Å². The molecule has 4 N–H and O–H groups in total. The van der Waals surface area contributed by atoms with Crippen LogP contribution in [0.15, 0.2) is 65.0 Å². The lowest BCUT2D eigenvalue weighted by molar-refractivity contribution is 0.0951. The zero-order valence-corrected chi connectivity index (χ0v) is 17.7. The second-order valence-corrected chi connectivity index (χ2v) is 9.65. The number of amides is 1. The fourth-order valence-corrected chi connectivity index (χ4v) is 4.36. The molecule has 0 radical (unpaired) electrons. The van der Waals surface area contributed by atoms with E-state index in [1.54, 1.807) is 5.38 Å². The van der Waals surface area contributed by atoms with Gasteiger partial charge in [0, 0.05) is 29.2 Å². The highest BCUT2D eigenvalue weighted by molar-refractivity contribution is 7.93. The van der Waals surface area contributed by atoms with Crippen LogP contribution in [-0.4, -0.2) is 19.3 Å². The number of nitrogens with zero attached hydrogens (tertiary/aromatic N) is 1. The summed E-state index contributed by atoms with van der Waals surface area (Å²) in [5, 5.41) is 4.79. The molecule has 7 nitrogen and oxygen atoms in total. The molecule has 3 rings (SSSR count). The Balaban J connectivity index is 1.62. The molecule has 0 atom stereocenters. The number of hydrogen-bond acceptors (Lipinski definition) is 6. The Kier molecular flexibility index (Phi) is 6.02. The van der Waals surface area contributed by atoms with Crippen LogP contribution in [0.5, 0.6) is 0 Å². The van der Waals surface area contributed by atoms with Crippen molar-refractivity contribution in [2.75, 3.05) is 4.72 Å². The van der Waals surface area contributed by atoms with Crippen LogP contribution in [0.1, 0.15) is 35.3 Å². The van der Waals surface area contributed by atoms with Gasteiger partial charge in [-0.05, 0) is 49.2 Å². The summed E-state index contributed by atoms with van der Waals surface area (Å²) >= 11 is 1.19. The van der Waals surface area contributed by atoms with Crippen molar-refractivity contribution in [1.82, 2.24) is 10.3 Å². The lowest BCUT2D eigenvalue weighted by Crippen LogP contribution is -2.28. The van der Waals surface area contributed by atoms with Crippen LogP contribution in [-0.2, 0) is 22.1 Å². The van der Waals surface area contributed by atoms with Crippen molar-refractivity contribution in [3.05, 3.63) is 76.8 Å². The molecule has 0 spiro atoms. The highest BCUT2D eigenvalue weighted by atomic mass is 32.2. The Bertz CT molecular complexity index is 1070. The molecular weight excluding hydrogens is 408 g/mol. The molecular formula is C20H22N4O3S2. The van der Waals surface area contributed by atoms with Crippen LogP contribution in [0.3, 0.4) is 0 Å². The summed E-state index contributed by atoms with van der Waals surface area (Å²) in [5.74, 6) is -0.287. The van der Waals surface area contributed by atoms with Gasteiger partial charge in [-0.2, -0.15) is 0 Å². The standard InChI is InChI=1S/C20H22N4O3S2/c1-20(2,21)16-7-3-14(4-8-16)13-23-18(25)15-5-9-17(10-6-15)29(26,27)24-19-22-11-12-28-19/h3-12H,13,21H2,1-2H3,(H,22,24)(H,23,25). The number of aromatic nitrogens is 1. The van der Waals surface area contributed by atoms with Crippen LogP contribution < -0.4 is 15.8 Å². The van der Waals surface area contributed by atoms with E-state index in [0.717, 1.165) is 11.1 Å². The van der Waals surface area contributed by atoms with E-state index in [1.165, 1.54) is 41.8 Å². The number of carbonyl (C=O) groups excluding carboxylic acids is 1. The summed E-state index contributed by atoms with van der Waals surface area (Å²) < 4.78 is 27.1. The Hall–Kier alpha value is -2.75. The fourth-order valence-electron chi connectivity index (χ4n) is 2.57. The van der Waals surface area contributed by atoms with Gasteiger partial charge in [0.05, 0.1) is 4.90 Å². The maximum absolute atomic E-state index is 12.4. The first-order valence-corrected chi connectivity index (χ1v) is 11.2. The van der Waals surface area contributed by atoms with Crippen LogP contribution in [0.25, 0.3) is 0 Å². The predicted octanol–water partition coefficient (Wildman–Crippen LogP) is 3.07. The third kappa shape index (κ3) is 5.41. The third-order valence-electron chi connectivity index (χ3n) is 4.23. The average Bonchev–Trinajstić information content (AvgIpc) is 3.18. The SMILES string of the molecule is CC(C)(N)c1ccc(CNC(=O)c2ccc(S(=O)(=O)Nc3nccs3)cc2)cc1. The summed E-state index contributed by atoms with van der Waals surface area (Å²) in [6.07, 6.45) is 1.51. The molecule has 9 heteroatoms. The van der Waals surface area contributed by atoms with Crippen molar-refractivity contribution in [2.45, 2.75) is 30.8 Å². The lowest BCUT2D eigenvalue weighted by Gasteiger charge is -2.19. The molecule has 1 heterocycles. The van der Waals surface area contributed by atoms with E-state index in [0.29, 0.717) is 12.1 Å². The van der Waals surface area contributed by atoms with Crippen molar-refractivity contribution >= 4 is 32.4 Å². The topological polar surface area (TPSA) is 114 Å². The Morgan fingerprint density at radius 2 is 1.76 bits per heavy atom. The van der Waals surface area contributed by atoms with Gasteiger partial charge >= 0.3 is 0 Å². The van der Waals surface area contributed by atoms with Crippen LogP contribution in [0, 0.1) is 0 Å². The molecule has 0 saturated carbocycles. The summed E-state index contributed by atoms with van der Waals surface area (Å²) in [6.45, 7) is 4.22. The van der Waals surface area contributed by atoms with Gasteiger partial charge < -0.3 is 11.1 Å². The van der Waals surface area contributed by atoms with Crippen molar-refractivity contribution in [3.8, 4) is 0 Å². The lowest BCUT2D eigenvalue weighted by atomic mass is 9.95. The fraction of sp³-hybridized carbons (Fsp3) is 0.200.